The second-order valence-electron chi connectivity index (χ2n) is 6.78. The fourth-order valence-corrected chi connectivity index (χ4v) is 3.46. The number of aromatic amines is 1. The number of amides is 1. The van der Waals surface area contributed by atoms with Gasteiger partial charge in [0.1, 0.15) is 11.6 Å². The second-order valence-corrected chi connectivity index (χ2v) is 7.83. The van der Waals surface area contributed by atoms with Gasteiger partial charge in [0.2, 0.25) is 5.91 Å². The molecule has 0 saturated heterocycles. The number of hydrogen-bond acceptors (Lipinski definition) is 6. The number of carbonyl (C=O) groups excluding carboxylic acids is 1. The number of nitrogens with zero attached hydrogens (tertiary/aromatic N) is 2. The summed E-state index contributed by atoms with van der Waals surface area (Å²) in [7, 11) is 1.48. The lowest BCUT2D eigenvalue weighted by atomic mass is 10.2. The normalized spacial score (nSPS) is 11.1. The highest BCUT2D eigenvalue weighted by Crippen LogP contribution is 2.22. The molecule has 8 nitrogen and oxygen atoms in total. The SMILES string of the molecule is COCCN(C(=O)CSc1ccc(F)cc1)c1c(N)n(CC(C)C)c(=O)[nH]c1=O. The summed E-state index contributed by atoms with van der Waals surface area (Å²) in [5.74, 6) is -0.718. The smallest absolute Gasteiger partial charge is 0.330 e. The van der Waals surface area contributed by atoms with E-state index in [9.17, 15) is 18.8 Å². The summed E-state index contributed by atoms with van der Waals surface area (Å²) in [5.41, 5.74) is 4.70. The maximum absolute atomic E-state index is 13.0. The van der Waals surface area contributed by atoms with Gasteiger partial charge in [-0.3, -0.25) is 19.1 Å². The minimum absolute atomic E-state index is 0.00245. The largest absolute Gasteiger partial charge is 0.383 e. The van der Waals surface area contributed by atoms with E-state index in [1.165, 1.54) is 40.5 Å². The van der Waals surface area contributed by atoms with Crippen molar-refractivity contribution in [1.82, 2.24) is 9.55 Å². The number of carbonyl (C=O) groups is 1. The van der Waals surface area contributed by atoms with Gasteiger partial charge < -0.3 is 15.4 Å². The van der Waals surface area contributed by atoms with Crippen LogP contribution in [0.1, 0.15) is 13.8 Å². The number of aromatic nitrogens is 2. The molecule has 0 atom stereocenters. The summed E-state index contributed by atoms with van der Waals surface area (Å²) in [6, 6.07) is 5.74. The number of nitrogens with two attached hydrogens (primary N) is 1. The number of anilines is 2. The lowest BCUT2D eigenvalue weighted by molar-refractivity contribution is -0.116. The number of rotatable bonds is 9. The molecular weight excluding hydrogens is 399 g/mol. The summed E-state index contributed by atoms with van der Waals surface area (Å²) in [5, 5.41) is 0. The van der Waals surface area contributed by atoms with Gasteiger partial charge in [0, 0.05) is 25.1 Å². The Labute approximate surface area is 171 Å². The fraction of sp³-hybridized carbons (Fsp3) is 0.421. The van der Waals surface area contributed by atoms with Crippen LogP contribution in [0.3, 0.4) is 0 Å². The molecule has 0 aliphatic rings. The summed E-state index contributed by atoms with van der Waals surface area (Å²) in [6.07, 6.45) is 0. The molecule has 0 bridgehead atoms. The van der Waals surface area contributed by atoms with Crippen molar-refractivity contribution in [3.8, 4) is 0 Å². The van der Waals surface area contributed by atoms with E-state index in [2.05, 4.69) is 4.98 Å². The third-order valence-corrected chi connectivity index (χ3v) is 5.02. The van der Waals surface area contributed by atoms with E-state index in [-0.39, 0.29) is 48.1 Å². The third kappa shape index (κ3) is 5.94. The molecule has 2 rings (SSSR count). The average Bonchev–Trinajstić information content (AvgIpc) is 2.66. The van der Waals surface area contributed by atoms with Crippen LogP contribution in [-0.2, 0) is 16.1 Å². The molecule has 3 N–H and O–H groups in total. The molecule has 0 aliphatic carbocycles. The molecule has 29 heavy (non-hydrogen) atoms. The van der Waals surface area contributed by atoms with Gasteiger partial charge in [0.25, 0.3) is 5.56 Å². The average molecular weight is 424 g/mol. The van der Waals surface area contributed by atoms with E-state index in [0.29, 0.717) is 11.4 Å². The Hall–Kier alpha value is -2.59. The Balaban J connectivity index is 2.35. The van der Waals surface area contributed by atoms with Crippen molar-refractivity contribution in [3.05, 3.63) is 50.9 Å². The van der Waals surface area contributed by atoms with E-state index >= 15 is 0 Å². The minimum atomic E-state index is -0.733. The van der Waals surface area contributed by atoms with Crippen molar-refractivity contribution in [2.24, 2.45) is 5.92 Å². The molecular formula is C19H25FN4O4S. The summed E-state index contributed by atoms with van der Waals surface area (Å²) in [4.78, 5) is 41.7. The van der Waals surface area contributed by atoms with Crippen LogP contribution in [0.2, 0.25) is 0 Å². The van der Waals surface area contributed by atoms with E-state index < -0.39 is 11.2 Å². The zero-order valence-corrected chi connectivity index (χ0v) is 17.4. The first-order valence-electron chi connectivity index (χ1n) is 9.04. The molecule has 2 aromatic rings. The van der Waals surface area contributed by atoms with Crippen molar-refractivity contribution < 1.29 is 13.9 Å². The highest BCUT2D eigenvalue weighted by molar-refractivity contribution is 8.00. The van der Waals surface area contributed by atoms with E-state index in [1.54, 1.807) is 12.1 Å². The van der Waals surface area contributed by atoms with Crippen LogP contribution in [0, 0.1) is 11.7 Å². The number of nitrogens with one attached hydrogen (secondary N) is 1. The van der Waals surface area contributed by atoms with Crippen LogP contribution in [-0.4, -0.2) is 41.5 Å². The fourth-order valence-electron chi connectivity index (χ4n) is 2.68. The molecule has 10 heteroatoms. The third-order valence-electron chi connectivity index (χ3n) is 4.03. The van der Waals surface area contributed by atoms with Crippen LogP contribution in [0.15, 0.2) is 38.8 Å². The standard InChI is InChI=1S/C19H25FN4O4S/c1-12(2)10-24-17(21)16(18(26)22-19(24)27)23(8-9-28-3)15(25)11-29-14-6-4-13(20)5-7-14/h4-7,12H,8-11,21H2,1-3H3,(H,22,26,27). The Kier molecular flexibility index (Phi) is 8.03. The van der Waals surface area contributed by atoms with Gasteiger partial charge >= 0.3 is 5.69 Å². The van der Waals surface area contributed by atoms with Gasteiger partial charge in [-0.1, -0.05) is 13.8 Å². The zero-order valence-electron chi connectivity index (χ0n) is 16.6. The predicted octanol–water partition coefficient (Wildman–Crippen LogP) is 1.69. The highest BCUT2D eigenvalue weighted by Gasteiger charge is 2.24. The Morgan fingerprint density at radius 3 is 2.55 bits per heavy atom. The number of benzene rings is 1. The maximum atomic E-state index is 13.0. The van der Waals surface area contributed by atoms with Crippen LogP contribution in [0.4, 0.5) is 15.9 Å². The maximum Gasteiger partial charge on any atom is 0.330 e. The van der Waals surface area contributed by atoms with Crippen molar-refractivity contribution in [2.45, 2.75) is 25.3 Å². The zero-order chi connectivity index (χ0) is 21.6. The molecule has 0 fully saturated rings. The highest BCUT2D eigenvalue weighted by atomic mass is 32.2. The number of hydrogen-bond donors (Lipinski definition) is 2. The lowest BCUT2D eigenvalue weighted by Gasteiger charge is -2.24. The van der Waals surface area contributed by atoms with Crippen LogP contribution >= 0.6 is 11.8 Å². The number of halogens is 1. The number of nitrogen functional groups attached to an aromatic ring is 1. The van der Waals surface area contributed by atoms with Crippen LogP contribution < -0.4 is 21.9 Å². The summed E-state index contributed by atoms with van der Waals surface area (Å²) < 4.78 is 19.4. The van der Waals surface area contributed by atoms with Gasteiger partial charge in [0.15, 0.2) is 5.69 Å². The number of methoxy groups -OCH3 is 1. The summed E-state index contributed by atoms with van der Waals surface area (Å²) >= 11 is 1.20. The van der Waals surface area contributed by atoms with Crippen LogP contribution in [0.5, 0.6) is 0 Å². The van der Waals surface area contributed by atoms with Gasteiger partial charge in [0.05, 0.1) is 12.4 Å². The molecule has 0 radical (unpaired) electrons. The van der Waals surface area contributed by atoms with Crippen molar-refractivity contribution >= 4 is 29.2 Å². The van der Waals surface area contributed by atoms with E-state index in [0.717, 1.165) is 0 Å². The molecule has 1 aromatic carbocycles. The second kappa shape index (κ2) is 10.3. The molecule has 0 aliphatic heterocycles. The minimum Gasteiger partial charge on any atom is -0.383 e. The predicted molar refractivity (Wildman–Crippen MR) is 112 cm³/mol. The molecule has 1 aromatic heterocycles. The van der Waals surface area contributed by atoms with Crippen molar-refractivity contribution in [3.63, 3.8) is 0 Å². The van der Waals surface area contributed by atoms with Crippen LogP contribution in [0.25, 0.3) is 0 Å². The monoisotopic (exact) mass is 424 g/mol. The van der Waals surface area contributed by atoms with E-state index in [4.69, 9.17) is 10.5 Å². The summed E-state index contributed by atoms with van der Waals surface area (Å²) in [6.45, 7) is 4.38. The Morgan fingerprint density at radius 2 is 1.97 bits per heavy atom. The molecule has 1 heterocycles. The van der Waals surface area contributed by atoms with Gasteiger partial charge in [-0.05, 0) is 30.2 Å². The van der Waals surface area contributed by atoms with E-state index in [1.807, 2.05) is 13.8 Å². The molecule has 0 unspecified atom stereocenters. The Bertz CT molecular complexity index is 956. The first-order valence-corrected chi connectivity index (χ1v) is 10.0. The molecule has 0 spiro atoms. The number of thioether (sulfide) groups is 1. The van der Waals surface area contributed by atoms with Gasteiger partial charge in [-0.2, -0.15) is 0 Å². The lowest BCUT2D eigenvalue weighted by Crippen LogP contribution is -2.43. The van der Waals surface area contributed by atoms with Gasteiger partial charge in [-0.15, -0.1) is 11.8 Å². The van der Waals surface area contributed by atoms with Crippen molar-refractivity contribution in [1.29, 1.82) is 0 Å². The quantitative estimate of drug-likeness (QED) is 0.593. The van der Waals surface area contributed by atoms with Gasteiger partial charge in [-0.25, -0.2) is 9.18 Å². The topological polar surface area (TPSA) is 110 Å². The molecule has 1 amide bonds. The first-order chi connectivity index (χ1) is 13.7. The first kappa shape index (κ1) is 22.7. The number of ether oxygens (including phenoxy) is 1. The number of H-pyrrole nitrogens is 1. The Morgan fingerprint density at radius 1 is 1.31 bits per heavy atom. The van der Waals surface area contributed by atoms with Crippen molar-refractivity contribution in [2.75, 3.05) is 36.6 Å². The molecule has 158 valence electrons. The molecule has 0 saturated carbocycles.